The lowest BCUT2D eigenvalue weighted by molar-refractivity contribution is 0.0788. The molecule has 2 rings (SSSR count). The molecule has 0 spiro atoms. The molecule has 4 nitrogen and oxygen atoms in total. The van der Waals surface area contributed by atoms with Gasteiger partial charge in [-0.3, -0.25) is 4.79 Å². The van der Waals surface area contributed by atoms with Crippen LogP contribution in [0.15, 0.2) is 18.2 Å². The highest BCUT2D eigenvalue weighted by atomic mass is 16.5. The molecule has 1 aromatic rings. The van der Waals surface area contributed by atoms with E-state index in [0.717, 1.165) is 19.5 Å². The van der Waals surface area contributed by atoms with Gasteiger partial charge in [-0.15, -0.1) is 0 Å². The fourth-order valence-corrected chi connectivity index (χ4v) is 2.39. The molecule has 2 N–H and O–H groups in total. The summed E-state index contributed by atoms with van der Waals surface area (Å²) in [6, 6.07) is 5.36. The van der Waals surface area contributed by atoms with Gasteiger partial charge in [0.25, 0.3) is 5.91 Å². The Hall–Kier alpha value is -1.99. The number of hydrogen-bond acceptors (Lipinski definition) is 3. The summed E-state index contributed by atoms with van der Waals surface area (Å²) in [7, 11) is 1.59. The minimum absolute atomic E-state index is 0.0628. The molecule has 0 aromatic heterocycles. The van der Waals surface area contributed by atoms with Crippen molar-refractivity contribution in [3.63, 3.8) is 0 Å². The fourth-order valence-electron chi connectivity index (χ4n) is 2.39. The highest BCUT2D eigenvalue weighted by molar-refractivity contribution is 5.95. The van der Waals surface area contributed by atoms with Crippen molar-refractivity contribution in [1.29, 1.82) is 0 Å². The molecular weight excluding hydrogens is 252 g/mol. The van der Waals surface area contributed by atoms with Crippen molar-refractivity contribution in [2.24, 2.45) is 11.7 Å². The quantitative estimate of drug-likeness (QED) is 0.830. The van der Waals surface area contributed by atoms with E-state index in [4.69, 9.17) is 10.5 Å². The fraction of sp³-hybridized carbons (Fsp3) is 0.438. The summed E-state index contributed by atoms with van der Waals surface area (Å²) in [6.45, 7) is 4.11. The number of carbonyl (C=O) groups excluding carboxylic acids is 1. The lowest BCUT2D eigenvalue weighted by atomic mass is 10.1. The number of ether oxygens (including phenoxy) is 1. The van der Waals surface area contributed by atoms with E-state index in [2.05, 4.69) is 18.8 Å². The zero-order valence-electron chi connectivity index (χ0n) is 12.0. The monoisotopic (exact) mass is 272 g/mol. The Kier molecular flexibility index (Phi) is 4.65. The van der Waals surface area contributed by atoms with Crippen LogP contribution in [0.5, 0.6) is 5.75 Å². The van der Waals surface area contributed by atoms with Gasteiger partial charge in [-0.2, -0.15) is 0 Å². The minimum Gasteiger partial charge on any atom is -0.495 e. The molecule has 0 radical (unpaired) electrons. The number of hydrogen-bond donors (Lipinski definition) is 1. The summed E-state index contributed by atoms with van der Waals surface area (Å²) in [5.41, 5.74) is 6.75. The number of rotatable bonds is 2. The van der Waals surface area contributed by atoms with Crippen LogP contribution < -0.4 is 10.5 Å². The molecule has 1 aliphatic rings. The third-order valence-corrected chi connectivity index (χ3v) is 3.48. The van der Waals surface area contributed by atoms with E-state index in [1.165, 1.54) is 0 Å². The predicted octanol–water partition coefficient (Wildman–Crippen LogP) is 1.49. The van der Waals surface area contributed by atoms with Crippen molar-refractivity contribution in [2.75, 3.05) is 26.7 Å². The molecule has 1 amide bonds. The van der Waals surface area contributed by atoms with Gasteiger partial charge in [0.05, 0.1) is 19.2 Å². The van der Waals surface area contributed by atoms with Crippen LogP contribution >= 0.6 is 0 Å². The van der Waals surface area contributed by atoms with E-state index in [-0.39, 0.29) is 12.5 Å². The normalized spacial score (nSPS) is 17.6. The van der Waals surface area contributed by atoms with Crippen molar-refractivity contribution in [3.8, 4) is 17.6 Å². The van der Waals surface area contributed by atoms with Crippen LogP contribution in [-0.4, -0.2) is 37.6 Å². The summed E-state index contributed by atoms with van der Waals surface area (Å²) in [5, 5.41) is 0. The summed E-state index contributed by atoms with van der Waals surface area (Å²) in [4.78, 5) is 14.3. The summed E-state index contributed by atoms with van der Waals surface area (Å²) in [6.07, 6.45) is 1.07. The standard InChI is InChI=1S/C16H20N2O2/c1-12-7-9-18(11-12)16(19)14-5-6-15(20-2)13(10-14)4-3-8-17/h5-6,10,12H,7-9,11,17H2,1-2H3. The molecule has 1 heterocycles. The van der Waals surface area contributed by atoms with Gasteiger partial charge in [-0.1, -0.05) is 18.8 Å². The van der Waals surface area contributed by atoms with Crippen LogP contribution in [0.25, 0.3) is 0 Å². The lowest BCUT2D eigenvalue weighted by Gasteiger charge is -2.16. The van der Waals surface area contributed by atoms with Gasteiger partial charge in [0, 0.05) is 18.7 Å². The molecule has 0 saturated carbocycles. The Morgan fingerprint density at radius 2 is 2.35 bits per heavy atom. The molecule has 1 saturated heterocycles. The Labute approximate surface area is 119 Å². The number of amides is 1. The van der Waals surface area contributed by atoms with Crippen molar-refractivity contribution < 1.29 is 9.53 Å². The van der Waals surface area contributed by atoms with Crippen molar-refractivity contribution in [2.45, 2.75) is 13.3 Å². The highest BCUT2D eigenvalue weighted by Crippen LogP contribution is 2.22. The Bertz CT molecular complexity index is 557. The van der Waals surface area contributed by atoms with Crippen molar-refractivity contribution in [1.82, 2.24) is 4.90 Å². The van der Waals surface area contributed by atoms with E-state index in [1.54, 1.807) is 25.3 Å². The van der Waals surface area contributed by atoms with Gasteiger partial charge >= 0.3 is 0 Å². The zero-order valence-corrected chi connectivity index (χ0v) is 12.0. The molecule has 0 aliphatic carbocycles. The summed E-state index contributed by atoms with van der Waals surface area (Å²) >= 11 is 0. The Morgan fingerprint density at radius 3 is 2.95 bits per heavy atom. The summed E-state index contributed by atoms with van der Waals surface area (Å²) < 4.78 is 5.25. The first-order valence-electron chi connectivity index (χ1n) is 6.82. The molecular formula is C16H20N2O2. The van der Waals surface area contributed by atoms with Gasteiger partial charge in [0.15, 0.2) is 0 Å². The summed E-state index contributed by atoms with van der Waals surface area (Å²) in [5.74, 6) is 7.05. The van der Waals surface area contributed by atoms with Crippen LogP contribution in [0.1, 0.15) is 29.3 Å². The largest absolute Gasteiger partial charge is 0.495 e. The second-order valence-corrected chi connectivity index (χ2v) is 5.07. The SMILES string of the molecule is COc1ccc(C(=O)N2CCC(C)C2)cc1C#CCN. The van der Waals surface area contributed by atoms with Crippen LogP contribution in [-0.2, 0) is 0 Å². The first-order valence-corrected chi connectivity index (χ1v) is 6.82. The third-order valence-electron chi connectivity index (χ3n) is 3.48. The third kappa shape index (κ3) is 3.12. The number of nitrogens with zero attached hydrogens (tertiary/aromatic N) is 1. The molecule has 1 aromatic carbocycles. The minimum atomic E-state index is 0.0628. The van der Waals surface area contributed by atoms with Gasteiger partial charge in [-0.05, 0) is 30.5 Å². The number of likely N-dealkylation sites (tertiary alicyclic amines) is 1. The Balaban J connectivity index is 2.26. The molecule has 1 unspecified atom stereocenters. The first-order chi connectivity index (χ1) is 9.65. The van der Waals surface area contributed by atoms with Gasteiger partial charge in [0.2, 0.25) is 0 Å². The predicted molar refractivity (Wildman–Crippen MR) is 78.6 cm³/mol. The number of methoxy groups -OCH3 is 1. The van der Waals surface area contributed by atoms with Crippen LogP contribution in [0.3, 0.4) is 0 Å². The number of nitrogens with two attached hydrogens (primary N) is 1. The molecule has 106 valence electrons. The molecule has 1 fully saturated rings. The molecule has 0 bridgehead atoms. The van der Waals surface area contributed by atoms with Crippen LogP contribution in [0.2, 0.25) is 0 Å². The number of carbonyl (C=O) groups is 1. The van der Waals surface area contributed by atoms with Crippen LogP contribution in [0, 0.1) is 17.8 Å². The lowest BCUT2D eigenvalue weighted by Crippen LogP contribution is -2.28. The maximum atomic E-state index is 12.4. The smallest absolute Gasteiger partial charge is 0.253 e. The van der Waals surface area contributed by atoms with E-state index < -0.39 is 0 Å². The first kappa shape index (κ1) is 14.4. The Morgan fingerprint density at radius 1 is 1.55 bits per heavy atom. The maximum absolute atomic E-state index is 12.4. The van der Waals surface area contributed by atoms with Gasteiger partial charge < -0.3 is 15.4 Å². The van der Waals surface area contributed by atoms with Crippen molar-refractivity contribution in [3.05, 3.63) is 29.3 Å². The molecule has 20 heavy (non-hydrogen) atoms. The highest BCUT2D eigenvalue weighted by Gasteiger charge is 2.24. The molecule has 1 atom stereocenters. The number of benzene rings is 1. The van der Waals surface area contributed by atoms with Gasteiger partial charge in [0.1, 0.15) is 5.75 Å². The second-order valence-electron chi connectivity index (χ2n) is 5.07. The van der Waals surface area contributed by atoms with E-state index in [0.29, 0.717) is 22.8 Å². The molecule has 1 aliphatic heterocycles. The van der Waals surface area contributed by atoms with E-state index >= 15 is 0 Å². The van der Waals surface area contributed by atoms with E-state index in [1.807, 2.05) is 4.90 Å². The second kappa shape index (κ2) is 6.44. The topological polar surface area (TPSA) is 55.6 Å². The molecule has 4 heteroatoms. The maximum Gasteiger partial charge on any atom is 0.253 e. The average molecular weight is 272 g/mol. The van der Waals surface area contributed by atoms with Crippen molar-refractivity contribution >= 4 is 5.91 Å². The average Bonchev–Trinajstić information content (AvgIpc) is 2.90. The zero-order chi connectivity index (χ0) is 14.5. The van der Waals surface area contributed by atoms with Crippen LogP contribution in [0.4, 0.5) is 0 Å². The van der Waals surface area contributed by atoms with E-state index in [9.17, 15) is 4.79 Å². The van der Waals surface area contributed by atoms with Gasteiger partial charge in [-0.25, -0.2) is 0 Å².